The maximum absolute atomic E-state index is 11.2. The molecule has 1 atom stereocenters. The van der Waals surface area contributed by atoms with Crippen LogP contribution in [-0.4, -0.2) is 23.0 Å². The average Bonchev–Trinajstić information content (AvgIpc) is 2.67. The van der Waals surface area contributed by atoms with Crippen molar-refractivity contribution in [1.29, 1.82) is 0 Å². The molecular weight excluding hydrogens is 200 g/mol. The number of likely N-dealkylation sites (tertiary alicyclic amines) is 1. The van der Waals surface area contributed by atoms with Crippen molar-refractivity contribution in [1.82, 2.24) is 9.88 Å². The van der Waals surface area contributed by atoms with E-state index in [1.807, 2.05) is 13.1 Å². The Bertz CT molecular complexity index is 411. The van der Waals surface area contributed by atoms with E-state index >= 15 is 0 Å². The van der Waals surface area contributed by atoms with Gasteiger partial charge in [0.25, 0.3) is 0 Å². The van der Waals surface area contributed by atoms with E-state index in [0.29, 0.717) is 6.04 Å². The molecule has 0 amide bonds. The number of nitrogens with zero attached hydrogens (tertiary/aromatic N) is 1. The van der Waals surface area contributed by atoms with Crippen LogP contribution in [0, 0.1) is 6.92 Å². The highest BCUT2D eigenvalue weighted by molar-refractivity contribution is 5.25. The van der Waals surface area contributed by atoms with Crippen molar-refractivity contribution >= 4 is 0 Å². The molecule has 0 bridgehead atoms. The van der Waals surface area contributed by atoms with Gasteiger partial charge < -0.3 is 4.98 Å². The Morgan fingerprint density at radius 1 is 1.56 bits per heavy atom. The number of hydrogen-bond acceptors (Lipinski definition) is 2. The fraction of sp³-hybridized carbons (Fsp3) is 0.615. The third kappa shape index (κ3) is 2.19. The molecular formula is C13H20N2O. The molecule has 88 valence electrons. The summed E-state index contributed by atoms with van der Waals surface area (Å²) in [4.78, 5) is 16.5. The molecule has 1 fully saturated rings. The van der Waals surface area contributed by atoms with Crippen molar-refractivity contribution in [2.75, 3.05) is 13.1 Å². The van der Waals surface area contributed by atoms with Gasteiger partial charge >= 0.3 is 0 Å². The molecule has 0 saturated carbocycles. The smallest absolute Gasteiger partial charge is 0.248 e. The van der Waals surface area contributed by atoms with Crippen LogP contribution >= 0.6 is 0 Å². The number of nitrogens with one attached hydrogen (secondary N) is 1. The SMILES string of the molecule is CCCN1CCC[C@@H]1c1c[nH]c(=O)cc1C. The van der Waals surface area contributed by atoms with Gasteiger partial charge in [-0.1, -0.05) is 6.92 Å². The van der Waals surface area contributed by atoms with E-state index in [1.54, 1.807) is 6.07 Å². The lowest BCUT2D eigenvalue weighted by Gasteiger charge is -2.25. The van der Waals surface area contributed by atoms with Gasteiger partial charge in [0.1, 0.15) is 0 Å². The minimum Gasteiger partial charge on any atom is -0.329 e. The number of rotatable bonds is 3. The monoisotopic (exact) mass is 220 g/mol. The summed E-state index contributed by atoms with van der Waals surface area (Å²) >= 11 is 0. The van der Waals surface area contributed by atoms with E-state index in [1.165, 1.54) is 31.4 Å². The maximum atomic E-state index is 11.2. The molecule has 1 aromatic heterocycles. The third-order valence-electron chi connectivity index (χ3n) is 3.41. The number of aryl methyl sites for hydroxylation is 1. The summed E-state index contributed by atoms with van der Waals surface area (Å²) in [5.41, 5.74) is 2.42. The van der Waals surface area contributed by atoms with Crippen molar-refractivity contribution in [3.05, 3.63) is 33.7 Å². The second-order valence-electron chi connectivity index (χ2n) is 4.63. The van der Waals surface area contributed by atoms with Gasteiger partial charge in [-0.2, -0.15) is 0 Å². The van der Waals surface area contributed by atoms with Crippen LogP contribution in [0.25, 0.3) is 0 Å². The highest BCUT2D eigenvalue weighted by Gasteiger charge is 2.26. The van der Waals surface area contributed by atoms with Crippen molar-refractivity contribution < 1.29 is 0 Å². The summed E-state index contributed by atoms with van der Waals surface area (Å²) in [5.74, 6) is 0. The van der Waals surface area contributed by atoms with Gasteiger partial charge in [0.15, 0.2) is 0 Å². The predicted octanol–water partition coefficient (Wildman–Crippen LogP) is 2.23. The molecule has 0 unspecified atom stereocenters. The molecule has 1 aliphatic heterocycles. The summed E-state index contributed by atoms with van der Waals surface area (Å²) < 4.78 is 0. The Kier molecular flexibility index (Phi) is 3.44. The van der Waals surface area contributed by atoms with Crippen molar-refractivity contribution in [3.8, 4) is 0 Å². The summed E-state index contributed by atoms with van der Waals surface area (Å²) in [5, 5.41) is 0. The fourth-order valence-electron chi connectivity index (χ4n) is 2.68. The largest absolute Gasteiger partial charge is 0.329 e. The van der Waals surface area contributed by atoms with Gasteiger partial charge in [0.05, 0.1) is 0 Å². The summed E-state index contributed by atoms with van der Waals surface area (Å²) in [6, 6.07) is 2.22. The molecule has 1 N–H and O–H groups in total. The van der Waals surface area contributed by atoms with Gasteiger partial charge in [-0.15, -0.1) is 0 Å². The zero-order valence-corrected chi connectivity index (χ0v) is 10.1. The fourth-order valence-corrected chi connectivity index (χ4v) is 2.68. The van der Waals surface area contributed by atoms with E-state index in [2.05, 4.69) is 16.8 Å². The van der Waals surface area contributed by atoms with Crippen LogP contribution in [0.1, 0.15) is 43.4 Å². The van der Waals surface area contributed by atoms with Crippen LogP contribution in [-0.2, 0) is 0 Å². The average molecular weight is 220 g/mol. The molecule has 2 heterocycles. The number of H-pyrrole nitrogens is 1. The Hall–Kier alpha value is -1.09. The lowest BCUT2D eigenvalue weighted by atomic mass is 10.0. The zero-order valence-electron chi connectivity index (χ0n) is 10.1. The van der Waals surface area contributed by atoms with Crippen molar-refractivity contribution in [2.45, 2.75) is 39.2 Å². The molecule has 1 aromatic rings. The van der Waals surface area contributed by atoms with E-state index in [0.717, 1.165) is 12.1 Å². The van der Waals surface area contributed by atoms with Crippen molar-refractivity contribution in [2.24, 2.45) is 0 Å². The van der Waals surface area contributed by atoms with Crippen LogP contribution in [0.5, 0.6) is 0 Å². The van der Waals surface area contributed by atoms with E-state index < -0.39 is 0 Å². The van der Waals surface area contributed by atoms with E-state index in [4.69, 9.17) is 0 Å². The summed E-state index contributed by atoms with van der Waals surface area (Å²) in [6.45, 7) is 6.60. The van der Waals surface area contributed by atoms with E-state index in [9.17, 15) is 4.79 Å². The molecule has 16 heavy (non-hydrogen) atoms. The first-order valence-corrected chi connectivity index (χ1v) is 6.15. The summed E-state index contributed by atoms with van der Waals surface area (Å²) in [7, 11) is 0. The van der Waals surface area contributed by atoms with Crippen molar-refractivity contribution in [3.63, 3.8) is 0 Å². The van der Waals surface area contributed by atoms with Crippen LogP contribution in [0.15, 0.2) is 17.1 Å². The molecule has 1 saturated heterocycles. The molecule has 3 heteroatoms. The van der Waals surface area contributed by atoms with Crippen LogP contribution in [0.3, 0.4) is 0 Å². The number of hydrogen-bond donors (Lipinski definition) is 1. The first-order chi connectivity index (χ1) is 7.72. The zero-order chi connectivity index (χ0) is 11.5. The Morgan fingerprint density at radius 2 is 2.38 bits per heavy atom. The Balaban J connectivity index is 2.25. The van der Waals surface area contributed by atoms with Gasteiger partial charge in [0, 0.05) is 18.3 Å². The molecule has 3 nitrogen and oxygen atoms in total. The lowest BCUT2D eigenvalue weighted by Crippen LogP contribution is -2.25. The van der Waals surface area contributed by atoms with Gasteiger partial charge in [-0.25, -0.2) is 0 Å². The van der Waals surface area contributed by atoms with Gasteiger partial charge in [-0.3, -0.25) is 9.69 Å². The van der Waals surface area contributed by atoms with Crippen LogP contribution in [0.2, 0.25) is 0 Å². The lowest BCUT2D eigenvalue weighted by molar-refractivity contribution is 0.257. The second-order valence-corrected chi connectivity index (χ2v) is 4.63. The third-order valence-corrected chi connectivity index (χ3v) is 3.41. The highest BCUT2D eigenvalue weighted by Crippen LogP contribution is 2.32. The minimum atomic E-state index is 0.00119. The topological polar surface area (TPSA) is 36.1 Å². The number of aromatic nitrogens is 1. The molecule has 1 aliphatic rings. The van der Waals surface area contributed by atoms with Crippen LogP contribution in [0.4, 0.5) is 0 Å². The predicted molar refractivity (Wildman–Crippen MR) is 65.6 cm³/mol. The summed E-state index contributed by atoms with van der Waals surface area (Å²) in [6.07, 6.45) is 5.57. The maximum Gasteiger partial charge on any atom is 0.248 e. The van der Waals surface area contributed by atoms with Gasteiger partial charge in [0.2, 0.25) is 5.56 Å². The number of aromatic amines is 1. The number of pyridine rings is 1. The Morgan fingerprint density at radius 3 is 3.06 bits per heavy atom. The first-order valence-electron chi connectivity index (χ1n) is 6.15. The standard InChI is InChI=1S/C13H20N2O/c1-3-6-15-7-4-5-12(15)11-9-14-13(16)8-10(11)2/h8-9,12H,3-7H2,1-2H3,(H,14,16)/t12-/m1/s1. The second kappa shape index (κ2) is 4.83. The molecule has 2 rings (SSSR count). The normalized spacial score (nSPS) is 21.5. The minimum absolute atomic E-state index is 0.00119. The van der Waals surface area contributed by atoms with Crippen LogP contribution < -0.4 is 5.56 Å². The molecule has 0 spiro atoms. The highest BCUT2D eigenvalue weighted by atomic mass is 16.1. The first kappa shape index (κ1) is 11.4. The Labute approximate surface area is 96.5 Å². The molecule has 0 aliphatic carbocycles. The van der Waals surface area contributed by atoms with Gasteiger partial charge in [-0.05, 0) is 50.4 Å². The molecule has 0 radical (unpaired) electrons. The van der Waals surface area contributed by atoms with E-state index in [-0.39, 0.29) is 5.56 Å². The molecule has 0 aromatic carbocycles. The quantitative estimate of drug-likeness (QED) is 0.848.